The van der Waals surface area contributed by atoms with Gasteiger partial charge in [0, 0.05) is 43.5 Å². The molecule has 0 amide bonds. The van der Waals surface area contributed by atoms with E-state index in [0.717, 1.165) is 82.2 Å². The monoisotopic (exact) mass is 411 g/mol. The first-order valence-electron chi connectivity index (χ1n) is 11.3. The Labute approximate surface area is 178 Å². The lowest BCUT2D eigenvalue weighted by molar-refractivity contribution is 0.147. The van der Waals surface area contributed by atoms with Crippen molar-refractivity contribution < 1.29 is 5.11 Å². The zero-order chi connectivity index (χ0) is 20.7. The van der Waals surface area contributed by atoms with Crippen LogP contribution in [0.2, 0.25) is 0 Å². The van der Waals surface area contributed by atoms with E-state index in [1.165, 1.54) is 11.3 Å². The zero-order valence-electron chi connectivity index (χ0n) is 18.1. The molecule has 2 atom stereocenters. The summed E-state index contributed by atoms with van der Waals surface area (Å²) in [6.07, 6.45) is 10.7. The summed E-state index contributed by atoms with van der Waals surface area (Å²) >= 11 is 0. The van der Waals surface area contributed by atoms with Crippen molar-refractivity contribution >= 4 is 11.8 Å². The van der Waals surface area contributed by atoms with Crippen LogP contribution in [0.3, 0.4) is 0 Å². The Morgan fingerprint density at radius 1 is 1.23 bits per heavy atom. The van der Waals surface area contributed by atoms with E-state index in [4.69, 9.17) is 9.97 Å². The number of aromatic nitrogens is 4. The highest BCUT2D eigenvalue weighted by Gasteiger charge is 2.44. The number of fused-ring (bicyclic) bond motifs is 2. The summed E-state index contributed by atoms with van der Waals surface area (Å²) in [6, 6.07) is 0.306. The number of likely N-dealkylation sites (tertiary alicyclic amines) is 1. The number of imidazole rings is 1. The van der Waals surface area contributed by atoms with Gasteiger partial charge in [-0.3, -0.25) is 4.90 Å². The van der Waals surface area contributed by atoms with Crippen LogP contribution in [0.1, 0.15) is 55.6 Å². The number of rotatable bonds is 5. The minimum atomic E-state index is -0.185. The van der Waals surface area contributed by atoms with Crippen molar-refractivity contribution in [1.82, 2.24) is 24.8 Å². The molecule has 0 radical (unpaired) electrons. The fraction of sp³-hybridized carbons (Fsp3) is 0.682. The first-order valence-corrected chi connectivity index (χ1v) is 11.3. The quantitative estimate of drug-likeness (QED) is 0.693. The Morgan fingerprint density at radius 2 is 2.07 bits per heavy atom. The standard InChI is InChI=1S/C22H33N7O/c1-28(2)21-26-19-17(20(27-21)25-15-3-4-16(30)13-15)5-6-22(19)7-11-29(12-8-22)14-18-23-9-10-24-18/h9-10,15-16,30H,3-8,11-14H2,1-2H3,(H,23,24)(H,25,26,27)/t15-,16+/m1/s1. The van der Waals surface area contributed by atoms with E-state index in [9.17, 15) is 5.11 Å². The minimum absolute atomic E-state index is 0.161. The fourth-order valence-electron chi connectivity index (χ4n) is 5.45. The lowest BCUT2D eigenvalue weighted by atomic mass is 9.76. The van der Waals surface area contributed by atoms with Crippen LogP contribution < -0.4 is 10.2 Å². The Kier molecular flexibility index (Phi) is 5.14. The number of anilines is 2. The second-order valence-electron chi connectivity index (χ2n) is 9.49. The Balaban J connectivity index is 1.38. The molecule has 2 aliphatic carbocycles. The third-order valence-electron chi connectivity index (χ3n) is 7.24. The van der Waals surface area contributed by atoms with Crippen LogP contribution in [0.5, 0.6) is 0 Å². The van der Waals surface area contributed by atoms with E-state index < -0.39 is 0 Å². The molecule has 3 aliphatic rings. The van der Waals surface area contributed by atoms with Gasteiger partial charge in [0.2, 0.25) is 5.95 Å². The number of aliphatic hydroxyl groups is 1. The van der Waals surface area contributed by atoms with Gasteiger partial charge < -0.3 is 20.3 Å². The smallest absolute Gasteiger partial charge is 0.227 e. The maximum Gasteiger partial charge on any atom is 0.227 e. The predicted octanol–water partition coefficient (Wildman–Crippen LogP) is 2.07. The van der Waals surface area contributed by atoms with E-state index in [0.29, 0.717) is 6.04 Å². The van der Waals surface area contributed by atoms with Gasteiger partial charge >= 0.3 is 0 Å². The average molecular weight is 412 g/mol. The first-order chi connectivity index (χ1) is 14.5. The zero-order valence-corrected chi connectivity index (χ0v) is 18.1. The van der Waals surface area contributed by atoms with Crippen LogP contribution >= 0.6 is 0 Å². The number of nitrogens with zero attached hydrogens (tertiary/aromatic N) is 5. The highest BCUT2D eigenvalue weighted by Crippen LogP contribution is 2.48. The summed E-state index contributed by atoms with van der Waals surface area (Å²) < 4.78 is 0. The van der Waals surface area contributed by atoms with Crippen molar-refractivity contribution in [2.45, 2.75) is 69.1 Å². The van der Waals surface area contributed by atoms with Crippen LogP contribution in [-0.2, 0) is 18.4 Å². The summed E-state index contributed by atoms with van der Waals surface area (Å²) in [4.78, 5) is 22.0. The summed E-state index contributed by atoms with van der Waals surface area (Å²) in [6.45, 7) is 3.03. The molecule has 5 rings (SSSR count). The Bertz CT molecular complexity index is 874. The molecule has 1 spiro atoms. The molecule has 1 saturated carbocycles. The van der Waals surface area contributed by atoms with Gasteiger partial charge in [-0.05, 0) is 58.0 Å². The normalized spacial score (nSPS) is 25.6. The molecule has 3 N–H and O–H groups in total. The number of piperidine rings is 1. The highest BCUT2D eigenvalue weighted by molar-refractivity contribution is 5.56. The van der Waals surface area contributed by atoms with E-state index >= 15 is 0 Å². The van der Waals surface area contributed by atoms with Crippen molar-refractivity contribution in [3.05, 3.63) is 29.5 Å². The maximum absolute atomic E-state index is 9.94. The van der Waals surface area contributed by atoms with E-state index in [2.05, 4.69) is 20.2 Å². The van der Waals surface area contributed by atoms with Gasteiger partial charge in [-0.15, -0.1) is 0 Å². The number of hydrogen-bond acceptors (Lipinski definition) is 7. The second kappa shape index (κ2) is 7.81. The molecule has 30 heavy (non-hydrogen) atoms. The van der Waals surface area contributed by atoms with Crippen LogP contribution in [-0.4, -0.2) is 69.3 Å². The van der Waals surface area contributed by atoms with E-state index in [-0.39, 0.29) is 11.5 Å². The molecule has 1 saturated heterocycles. The number of hydrogen-bond donors (Lipinski definition) is 3. The first kappa shape index (κ1) is 19.8. The molecule has 0 bridgehead atoms. The lowest BCUT2D eigenvalue weighted by Crippen LogP contribution is -2.41. The van der Waals surface area contributed by atoms with Crippen molar-refractivity contribution in [2.24, 2.45) is 0 Å². The predicted molar refractivity (Wildman–Crippen MR) is 117 cm³/mol. The van der Waals surface area contributed by atoms with Crippen LogP contribution in [0.15, 0.2) is 12.4 Å². The minimum Gasteiger partial charge on any atom is -0.393 e. The van der Waals surface area contributed by atoms with E-state index in [1.807, 2.05) is 31.4 Å². The second-order valence-corrected chi connectivity index (χ2v) is 9.49. The largest absolute Gasteiger partial charge is 0.393 e. The maximum atomic E-state index is 9.94. The van der Waals surface area contributed by atoms with Crippen LogP contribution in [0.4, 0.5) is 11.8 Å². The topological polar surface area (TPSA) is 93.2 Å². The molecule has 3 heterocycles. The molecule has 0 aromatic carbocycles. The van der Waals surface area contributed by atoms with Gasteiger partial charge in [0.25, 0.3) is 0 Å². The summed E-state index contributed by atoms with van der Waals surface area (Å²) in [5.41, 5.74) is 2.73. The molecular weight excluding hydrogens is 378 g/mol. The van der Waals surface area contributed by atoms with E-state index in [1.54, 1.807) is 0 Å². The molecule has 2 aromatic heterocycles. The van der Waals surface area contributed by atoms with Crippen molar-refractivity contribution in [1.29, 1.82) is 0 Å². The molecule has 162 valence electrons. The number of aliphatic hydroxyl groups excluding tert-OH is 1. The van der Waals surface area contributed by atoms with Gasteiger partial charge in [0.05, 0.1) is 18.3 Å². The third-order valence-corrected chi connectivity index (χ3v) is 7.24. The number of H-pyrrole nitrogens is 1. The fourth-order valence-corrected chi connectivity index (χ4v) is 5.45. The SMILES string of the molecule is CN(C)c1nc(N[C@@H]2CC[C@H](O)C2)c2c(n1)C1(CC2)CCN(Cc2ncc[nH]2)CC1. The average Bonchev–Trinajstić information content (AvgIpc) is 3.46. The summed E-state index contributed by atoms with van der Waals surface area (Å²) in [5.74, 6) is 2.83. The van der Waals surface area contributed by atoms with Crippen LogP contribution in [0, 0.1) is 0 Å². The highest BCUT2D eigenvalue weighted by atomic mass is 16.3. The third kappa shape index (κ3) is 3.67. The van der Waals surface area contributed by atoms with Crippen molar-refractivity contribution in [2.75, 3.05) is 37.4 Å². The molecule has 2 aromatic rings. The number of aromatic amines is 1. The summed E-state index contributed by atoms with van der Waals surface area (Å²) in [7, 11) is 4.02. The molecule has 1 aliphatic heterocycles. The van der Waals surface area contributed by atoms with Gasteiger partial charge in [0.1, 0.15) is 11.6 Å². The number of nitrogens with one attached hydrogen (secondary N) is 2. The van der Waals surface area contributed by atoms with Crippen molar-refractivity contribution in [3.63, 3.8) is 0 Å². The molecule has 8 heteroatoms. The molecule has 0 unspecified atom stereocenters. The summed E-state index contributed by atoms with van der Waals surface area (Å²) in [5, 5.41) is 13.6. The van der Waals surface area contributed by atoms with Gasteiger partial charge in [-0.25, -0.2) is 9.97 Å². The van der Waals surface area contributed by atoms with Crippen molar-refractivity contribution in [3.8, 4) is 0 Å². The van der Waals surface area contributed by atoms with Crippen LogP contribution in [0.25, 0.3) is 0 Å². The Hall–Kier alpha value is -2.19. The molecule has 2 fully saturated rings. The molecule has 8 nitrogen and oxygen atoms in total. The van der Waals surface area contributed by atoms with Gasteiger partial charge in [-0.2, -0.15) is 4.98 Å². The van der Waals surface area contributed by atoms with Gasteiger partial charge in [0.15, 0.2) is 0 Å². The van der Waals surface area contributed by atoms with Gasteiger partial charge in [-0.1, -0.05) is 0 Å². The Morgan fingerprint density at radius 3 is 2.73 bits per heavy atom. The molecular formula is C22H33N7O. The lowest BCUT2D eigenvalue weighted by Gasteiger charge is -2.39.